The molecule has 2 aliphatic heterocycles. The van der Waals surface area contributed by atoms with Crippen LogP contribution in [0.25, 0.3) is 0 Å². The zero-order valence-electron chi connectivity index (χ0n) is 15.8. The van der Waals surface area contributed by atoms with Gasteiger partial charge in [-0.2, -0.15) is 0 Å². The van der Waals surface area contributed by atoms with Crippen LogP contribution < -0.4 is 4.90 Å². The molecule has 3 aliphatic rings. The van der Waals surface area contributed by atoms with Crippen LogP contribution in [0.4, 0.5) is 5.69 Å². The second-order valence-electron chi connectivity index (χ2n) is 7.93. The second kappa shape index (κ2) is 5.90. The van der Waals surface area contributed by atoms with Gasteiger partial charge in [-0.25, -0.2) is 0 Å². The lowest BCUT2D eigenvalue weighted by molar-refractivity contribution is -0.00494. The summed E-state index contributed by atoms with van der Waals surface area (Å²) >= 11 is 6.17. The van der Waals surface area contributed by atoms with Crippen molar-refractivity contribution < 1.29 is 9.84 Å². The Hall–Kier alpha value is -1.71. The van der Waals surface area contributed by atoms with Crippen molar-refractivity contribution in [3.8, 4) is 0 Å². The molecule has 0 saturated carbocycles. The minimum absolute atomic E-state index is 0.230. The molecule has 26 heavy (non-hydrogen) atoms. The number of hydrogen-bond donors (Lipinski definition) is 1. The highest BCUT2D eigenvalue weighted by Crippen LogP contribution is 2.56. The van der Waals surface area contributed by atoms with Gasteiger partial charge in [0.1, 0.15) is 5.76 Å². The number of aliphatic hydroxyl groups is 1. The highest BCUT2D eigenvalue weighted by molar-refractivity contribution is 6.19. The van der Waals surface area contributed by atoms with Crippen molar-refractivity contribution in [2.75, 3.05) is 17.8 Å². The molecular formula is C22H26ClNO2. The summed E-state index contributed by atoms with van der Waals surface area (Å²) in [6, 6.07) is 6.52. The molecule has 1 spiro atoms. The number of anilines is 1. The SMILES string of the molecule is CCc1cccc2c1C(C)(C)C1(C=CC3=C(O1)C(CCl)=CC(O)C3)N2C. The van der Waals surface area contributed by atoms with Crippen LogP contribution in [0.1, 0.15) is 38.3 Å². The highest BCUT2D eigenvalue weighted by atomic mass is 35.5. The Bertz CT molecular complexity index is 852. The molecule has 2 heterocycles. The average Bonchev–Trinajstić information content (AvgIpc) is 2.80. The molecular weight excluding hydrogens is 346 g/mol. The standard InChI is InChI=1S/C22H26ClNO2/c1-5-14-7-6-8-18-19(14)21(2,3)22(24(18)4)10-9-15-11-17(25)12-16(13-23)20(15)26-22/h6-10,12,17,25H,5,11,13H2,1-4H3. The van der Waals surface area contributed by atoms with E-state index < -0.39 is 11.8 Å². The van der Waals surface area contributed by atoms with E-state index in [4.69, 9.17) is 16.3 Å². The van der Waals surface area contributed by atoms with Crippen molar-refractivity contribution in [2.24, 2.45) is 0 Å². The van der Waals surface area contributed by atoms with Gasteiger partial charge in [0.25, 0.3) is 0 Å². The van der Waals surface area contributed by atoms with Crippen LogP contribution in [0.3, 0.4) is 0 Å². The molecule has 138 valence electrons. The van der Waals surface area contributed by atoms with Crippen LogP contribution in [0, 0.1) is 0 Å². The molecule has 3 nitrogen and oxygen atoms in total. The third-order valence-electron chi connectivity index (χ3n) is 6.21. The average molecular weight is 372 g/mol. The number of nitrogens with zero attached hydrogens (tertiary/aromatic N) is 1. The number of hydrogen-bond acceptors (Lipinski definition) is 3. The van der Waals surface area contributed by atoms with Crippen LogP contribution in [0.2, 0.25) is 0 Å². The Morgan fingerprint density at radius 1 is 1.35 bits per heavy atom. The van der Waals surface area contributed by atoms with E-state index >= 15 is 0 Å². The smallest absolute Gasteiger partial charge is 0.211 e. The van der Waals surface area contributed by atoms with Crippen LogP contribution in [-0.2, 0) is 16.6 Å². The highest BCUT2D eigenvalue weighted by Gasteiger charge is 2.58. The summed E-state index contributed by atoms with van der Waals surface area (Å²) in [5, 5.41) is 10.1. The van der Waals surface area contributed by atoms with Crippen LogP contribution in [0.15, 0.2) is 53.3 Å². The lowest BCUT2D eigenvalue weighted by Gasteiger charge is -2.47. The zero-order chi connectivity index (χ0) is 18.7. The molecule has 1 aromatic rings. The monoisotopic (exact) mass is 371 g/mol. The Morgan fingerprint density at radius 2 is 2.12 bits per heavy atom. The fourth-order valence-electron chi connectivity index (χ4n) is 4.85. The Labute approximate surface area is 160 Å². The van der Waals surface area contributed by atoms with Crippen molar-refractivity contribution >= 4 is 17.3 Å². The Balaban J connectivity index is 1.85. The van der Waals surface area contributed by atoms with E-state index in [1.807, 2.05) is 6.08 Å². The van der Waals surface area contributed by atoms with E-state index in [1.54, 1.807) is 0 Å². The zero-order valence-corrected chi connectivity index (χ0v) is 16.6. The maximum Gasteiger partial charge on any atom is 0.211 e. The molecule has 1 aromatic carbocycles. The summed E-state index contributed by atoms with van der Waals surface area (Å²) < 4.78 is 6.76. The topological polar surface area (TPSA) is 32.7 Å². The normalized spacial score (nSPS) is 28.8. The van der Waals surface area contributed by atoms with Gasteiger partial charge in [-0.3, -0.25) is 0 Å². The molecule has 0 radical (unpaired) electrons. The lowest BCUT2D eigenvalue weighted by atomic mass is 9.74. The van der Waals surface area contributed by atoms with E-state index in [2.05, 4.69) is 63.1 Å². The van der Waals surface area contributed by atoms with E-state index in [9.17, 15) is 5.11 Å². The predicted octanol–water partition coefficient (Wildman–Crippen LogP) is 4.44. The summed E-state index contributed by atoms with van der Waals surface area (Å²) in [5.41, 5.74) is 5.00. The first kappa shape index (κ1) is 17.7. The summed E-state index contributed by atoms with van der Waals surface area (Å²) in [6.45, 7) is 6.71. The summed E-state index contributed by atoms with van der Waals surface area (Å²) in [5.74, 6) is 1.16. The van der Waals surface area contributed by atoms with Gasteiger partial charge < -0.3 is 14.7 Å². The Kier molecular flexibility index (Phi) is 4.01. The van der Waals surface area contributed by atoms with Gasteiger partial charge in [-0.1, -0.05) is 25.1 Å². The van der Waals surface area contributed by atoms with E-state index in [0.717, 1.165) is 23.3 Å². The van der Waals surface area contributed by atoms with Gasteiger partial charge in [0, 0.05) is 24.7 Å². The number of halogens is 1. The number of fused-ring (bicyclic) bond motifs is 1. The number of alkyl halides is 1. The number of benzene rings is 1. The largest absolute Gasteiger partial charge is 0.463 e. The van der Waals surface area contributed by atoms with Crippen LogP contribution in [0.5, 0.6) is 0 Å². The molecule has 0 amide bonds. The van der Waals surface area contributed by atoms with Crippen LogP contribution in [-0.4, -0.2) is 29.9 Å². The molecule has 0 bridgehead atoms. The first-order valence-corrected chi connectivity index (χ1v) is 9.82. The van der Waals surface area contributed by atoms with Crippen molar-refractivity contribution in [2.45, 2.75) is 50.9 Å². The molecule has 0 saturated heterocycles. The fourth-order valence-corrected chi connectivity index (χ4v) is 5.06. The number of aliphatic hydroxyl groups excluding tert-OH is 1. The van der Waals surface area contributed by atoms with Gasteiger partial charge in [0.05, 0.1) is 17.4 Å². The maximum absolute atomic E-state index is 10.1. The van der Waals surface area contributed by atoms with Gasteiger partial charge in [-0.15, -0.1) is 11.6 Å². The van der Waals surface area contributed by atoms with Crippen molar-refractivity contribution in [3.05, 3.63) is 64.5 Å². The molecule has 2 atom stereocenters. The molecule has 1 N–H and O–H groups in total. The Morgan fingerprint density at radius 3 is 2.81 bits per heavy atom. The summed E-state index contributed by atoms with van der Waals surface area (Å²) in [6.07, 6.45) is 7.17. The van der Waals surface area contributed by atoms with E-state index in [0.29, 0.717) is 12.3 Å². The number of rotatable bonds is 2. The number of allylic oxidation sites excluding steroid dienone is 2. The lowest BCUT2D eigenvalue weighted by Crippen LogP contribution is -2.56. The van der Waals surface area contributed by atoms with E-state index in [1.165, 1.54) is 16.8 Å². The molecule has 0 aromatic heterocycles. The first-order chi connectivity index (χ1) is 12.4. The summed E-state index contributed by atoms with van der Waals surface area (Å²) in [4.78, 5) is 2.25. The van der Waals surface area contributed by atoms with E-state index in [-0.39, 0.29) is 5.41 Å². The summed E-state index contributed by atoms with van der Waals surface area (Å²) in [7, 11) is 2.10. The molecule has 0 fully saturated rings. The first-order valence-electron chi connectivity index (χ1n) is 9.28. The van der Waals surface area contributed by atoms with Gasteiger partial charge in [0.15, 0.2) is 0 Å². The van der Waals surface area contributed by atoms with Crippen molar-refractivity contribution in [1.29, 1.82) is 0 Å². The molecule has 4 heteroatoms. The second-order valence-corrected chi connectivity index (χ2v) is 8.20. The molecule has 4 rings (SSSR count). The van der Waals surface area contributed by atoms with Gasteiger partial charge >= 0.3 is 0 Å². The molecule has 1 aliphatic carbocycles. The number of likely N-dealkylation sites (N-methyl/N-ethyl adjacent to an activating group) is 1. The van der Waals surface area contributed by atoms with Gasteiger partial charge in [0.2, 0.25) is 5.72 Å². The quantitative estimate of drug-likeness (QED) is 0.780. The minimum atomic E-state index is -0.604. The predicted molar refractivity (Wildman–Crippen MR) is 107 cm³/mol. The third-order valence-corrected chi connectivity index (χ3v) is 6.50. The van der Waals surface area contributed by atoms with Crippen molar-refractivity contribution in [3.63, 3.8) is 0 Å². The minimum Gasteiger partial charge on any atom is -0.463 e. The van der Waals surface area contributed by atoms with Gasteiger partial charge in [-0.05, 0) is 55.2 Å². The number of ether oxygens (including phenoxy) is 1. The molecule has 2 unspecified atom stereocenters. The van der Waals surface area contributed by atoms with Crippen molar-refractivity contribution in [1.82, 2.24) is 0 Å². The fraction of sp³-hybridized carbons (Fsp3) is 0.455. The maximum atomic E-state index is 10.1. The number of aryl methyl sites for hydroxylation is 1. The van der Waals surface area contributed by atoms with Crippen LogP contribution >= 0.6 is 11.6 Å². The third kappa shape index (κ3) is 2.17.